The largest absolute Gasteiger partial charge is 0.423 e. The summed E-state index contributed by atoms with van der Waals surface area (Å²) in [6.07, 6.45) is 3.37. The molecule has 2 rings (SSSR count). The Hall–Kier alpha value is -1.39. The van der Waals surface area contributed by atoms with E-state index in [4.69, 9.17) is 4.74 Å². The topological polar surface area (TPSA) is 66.8 Å². The van der Waals surface area contributed by atoms with Crippen LogP contribution in [0.1, 0.15) is 13.3 Å². The van der Waals surface area contributed by atoms with Crippen LogP contribution in [-0.4, -0.2) is 28.4 Å². The molecule has 2 aliphatic rings. The molecule has 15 heavy (non-hydrogen) atoms. The number of esters is 1. The summed E-state index contributed by atoms with van der Waals surface area (Å²) in [6.45, 7) is 1.93. The summed E-state index contributed by atoms with van der Waals surface area (Å²) in [6, 6.07) is 0. The quantitative estimate of drug-likeness (QED) is 0.613. The van der Waals surface area contributed by atoms with E-state index < -0.39 is 18.2 Å². The first kappa shape index (κ1) is 10.1. The normalized spacial score (nSPS) is 32.2. The van der Waals surface area contributed by atoms with Gasteiger partial charge in [-0.3, -0.25) is 0 Å². The van der Waals surface area contributed by atoms with Crippen molar-refractivity contribution < 1.29 is 19.7 Å². The fraction of sp³-hybridized carbons (Fsp3) is 0.364. The first-order chi connectivity index (χ1) is 7.15. The molecule has 0 aromatic heterocycles. The number of hydrogen-bond donors (Lipinski definition) is 2. The van der Waals surface area contributed by atoms with Gasteiger partial charge < -0.3 is 14.9 Å². The minimum Gasteiger partial charge on any atom is -0.423 e. The smallest absolute Gasteiger partial charge is 0.342 e. The van der Waals surface area contributed by atoms with Crippen LogP contribution in [0.2, 0.25) is 0 Å². The Morgan fingerprint density at radius 2 is 2.27 bits per heavy atom. The van der Waals surface area contributed by atoms with Crippen molar-refractivity contribution in [3.63, 3.8) is 0 Å². The van der Waals surface area contributed by atoms with Crippen molar-refractivity contribution in [3.8, 4) is 0 Å². The van der Waals surface area contributed by atoms with Crippen LogP contribution in [0.5, 0.6) is 0 Å². The summed E-state index contributed by atoms with van der Waals surface area (Å²) >= 11 is 0. The molecule has 0 saturated carbocycles. The second-order valence-electron chi connectivity index (χ2n) is 3.49. The minimum absolute atomic E-state index is 0.157. The number of aliphatic hydroxyl groups is 2. The molecule has 0 saturated heterocycles. The monoisotopic (exact) mass is 208 g/mol. The number of carbonyl (C=O) groups is 1. The fourth-order valence-corrected chi connectivity index (χ4v) is 1.71. The Balaban J connectivity index is 2.45. The molecule has 2 atom stereocenters. The molecule has 2 unspecified atom stereocenters. The van der Waals surface area contributed by atoms with E-state index in [1.165, 1.54) is 6.08 Å². The molecular weight excluding hydrogens is 196 g/mol. The number of cyclic esters (lactones) is 1. The number of allylic oxidation sites excluding steroid dienone is 2. The standard InChI is InChI=1S/C11H12O4/c1-2-3-8-6-4-5-7(12)10(13)9(6)11(14)15-8/h3-5,7,10,12-13H,2H2,1H3/b8-3-. The van der Waals surface area contributed by atoms with Gasteiger partial charge in [-0.2, -0.15) is 0 Å². The molecule has 0 radical (unpaired) electrons. The van der Waals surface area contributed by atoms with Crippen molar-refractivity contribution in [1.29, 1.82) is 0 Å². The minimum atomic E-state index is -1.18. The second-order valence-corrected chi connectivity index (χ2v) is 3.49. The van der Waals surface area contributed by atoms with Gasteiger partial charge in [0.1, 0.15) is 18.0 Å². The summed E-state index contributed by atoms with van der Waals surface area (Å²) in [5, 5.41) is 19.0. The van der Waals surface area contributed by atoms with Gasteiger partial charge in [-0.15, -0.1) is 0 Å². The summed E-state index contributed by atoms with van der Waals surface area (Å²) in [5.41, 5.74) is 0.740. The summed E-state index contributed by atoms with van der Waals surface area (Å²) in [7, 11) is 0. The number of aliphatic hydroxyl groups excluding tert-OH is 2. The van der Waals surface area contributed by atoms with Crippen LogP contribution in [0, 0.1) is 0 Å². The zero-order chi connectivity index (χ0) is 11.0. The molecule has 0 aromatic rings. The third kappa shape index (κ3) is 1.52. The van der Waals surface area contributed by atoms with Gasteiger partial charge in [-0.25, -0.2) is 4.79 Å². The van der Waals surface area contributed by atoms with E-state index in [9.17, 15) is 15.0 Å². The molecule has 0 fully saturated rings. The van der Waals surface area contributed by atoms with Crippen molar-refractivity contribution in [1.82, 2.24) is 0 Å². The third-order valence-corrected chi connectivity index (χ3v) is 2.45. The van der Waals surface area contributed by atoms with E-state index in [-0.39, 0.29) is 5.57 Å². The van der Waals surface area contributed by atoms with Crippen molar-refractivity contribution in [2.45, 2.75) is 25.6 Å². The first-order valence-corrected chi connectivity index (χ1v) is 4.86. The van der Waals surface area contributed by atoms with E-state index in [1.54, 1.807) is 12.2 Å². The summed E-state index contributed by atoms with van der Waals surface area (Å²) < 4.78 is 4.99. The highest BCUT2D eigenvalue weighted by molar-refractivity contribution is 5.97. The first-order valence-electron chi connectivity index (χ1n) is 4.86. The van der Waals surface area contributed by atoms with Gasteiger partial charge >= 0.3 is 5.97 Å². The predicted molar refractivity (Wildman–Crippen MR) is 52.6 cm³/mol. The lowest BCUT2D eigenvalue weighted by Crippen LogP contribution is -2.30. The van der Waals surface area contributed by atoms with Gasteiger partial charge in [-0.1, -0.05) is 19.1 Å². The van der Waals surface area contributed by atoms with Crippen molar-refractivity contribution in [2.75, 3.05) is 0 Å². The van der Waals surface area contributed by atoms with E-state index in [1.807, 2.05) is 6.92 Å². The number of carbonyl (C=O) groups excluding carboxylic acids is 1. The molecule has 80 valence electrons. The molecule has 4 nitrogen and oxygen atoms in total. The van der Waals surface area contributed by atoms with E-state index >= 15 is 0 Å². The maximum atomic E-state index is 11.4. The van der Waals surface area contributed by atoms with E-state index in [2.05, 4.69) is 0 Å². The molecule has 1 aliphatic heterocycles. The highest BCUT2D eigenvalue weighted by atomic mass is 16.5. The van der Waals surface area contributed by atoms with Gasteiger partial charge in [0, 0.05) is 5.57 Å². The molecule has 1 heterocycles. The Kier molecular flexibility index (Phi) is 2.46. The van der Waals surface area contributed by atoms with Crippen LogP contribution in [0.15, 0.2) is 35.1 Å². The van der Waals surface area contributed by atoms with Crippen molar-refractivity contribution in [3.05, 3.63) is 35.1 Å². The van der Waals surface area contributed by atoms with Crippen molar-refractivity contribution >= 4 is 5.97 Å². The highest BCUT2D eigenvalue weighted by Crippen LogP contribution is 2.33. The third-order valence-electron chi connectivity index (χ3n) is 2.45. The molecule has 0 amide bonds. The van der Waals surface area contributed by atoms with Crippen LogP contribution in [0.4, 0.5) is 0 Å². The lowest BCUT2D eigenvalue weighted by molar-refractivity contribution is -0.134. The Bertz CT molecular complexity index is 389. The zero-order valence-electron chi connectivity index (χ0n) is 8.30. The van der Waals surface area contributed by atoms with Gasteiger partial charge in [0.25, 0.3) is 0 Å². The van der Waals surface area contributed by atoms with Crippen LogP contribution in [0.25, 0.3) is 0 Å². The van der Waals surface area contributed by atoms with Gasteiger partial charge in [0.15, 0.2) is 0 Å². The van der Waals surface area contributed by atoms with Gasteiger partial charge in [-0.05, 0) is 12.5 Å². The maximum absolute atomic E-state index is 11.4. The summed E-state index contributed by atoms with van der Waals surface area (Å²) in [4.78, 5) is 11.4. The molecule has 0 aromatic carbocycles. The predicted octanol–water partition coefficient (Wildman–Crippen LogP) is 0.425. The highest BCUT2D eigenvalue weighted by Gasteiger charge is 2.37. The summed E-state index contributed by atoms with van der Waals surface area (Å²) in [5.74, 6) is -0.0969. The van der Waals surface area contributed by atoms with E-state index in [0.717, 1.165) is 6.42 Å². The number of rotatable bonds is 1. The lowest BCUT2D eigenvalue weighted by Gasteiger charge is -2.17. The Morgan fingerprint density at radius 1 is 1.53 bits per heavy atom. The van der Waals surface area contributed by atoms with Crippen LogP contribution in [-0.2, 0) is 9.53 Å². The van der Waals surface area contributed by atoms with Gasteiger partial charge in [0.2, 0.25) is 0 Å². The zero-order valence-corrected chi connectivity index (χ0v) is 8.30. The van der Waals surface area contributed by atoms with Gasteiger partial charge in [0.05, 0.1) is 5.57 Å². The fourth-order valence-electron chi connectivity index (χ4n) is 1.71. The van der Waals surface area contributed by atoms with Crippen LogP contribution >= 0.6 is 0 Å². The molecule has 4 heteroatoms. The lowest BCUT2D eigenvalue weighted by atomic mass is 9.93. The van der Waals surface area contributed by atoms with Crippen LogP contribution < -0.4 is 0 Å². The Morgan fingerprint density at radius 3 is 2.93 bits per heavy atom. The average Bonchev–Trinajstić information content (AvgIpc) is 2.51. The number of ether oxygens (including phenoxy) is 1. The SMILES string of the molecule is CC/C=C1\OC(=O)C2=C1C=CC(O)C2O. The molecule has 2 N–H and O–H groups in total. The van der Waals surface area contributed by atoms with E-state index in [0.29, 0.717) is 11.3 Å². The molecule has 0 bridgehead atoms. The van der Waals surface area contributed by atoms with Crippen molar-refractivity contribution in [2.24, 2.45) is 0 Å². The molecular formula is C11H12O4. The number of hydrogen-bond acceptors (Lipinski definition) is 4. The second kappa shape index (κ2) is 3.64. The van der Waals surface area contributed by atoms with Crippen LogP contribution in [0.3, 0.4) is 0 Å². The molecule has 0 spiro atoms. The Labute approximate surface area is 87.2 Å². The molecule has 1 aliphatic carbocycles. The maximum Gasteiger partial charge on any atom is 0.342 e. The average molecular weight is 208 g/mol.